The third-order valence-electron chi connectivity index (χ3n) is 3.56. The summed E-state index contributed by atoms with van der Waals surface area (Å²) in [5.41, 5.74) is 0. The molecule has 0 aliphatic heterocycles. The van der Waals surface area contributed by atoms with Crippen LogP contribution in [0.25, 0.3) is 0 Å². The highest BCUT2D eigenvalue weighted by molar-refractivity contribution is 4.76. The van der Waals surface area contributed by atoms with E-state index in [4.69, 9.17) is 4.74 Å². The highest BCUT2D eigenvalue weighted by atomic mass is 16.5. The predicted molar refractivity (Wildman–Crippen MR) is 73.4 cm³/mol. The number of rotatable bonds is 8. The molecule has 0 aromatic carbocycles. The third-order valence-corrected chi connectivity index (χ3v) is 3.56. The lowest BCUT2D eigenvalue weighted by atomic mass is 9.93. The zero-order valence-electron chi connectivity index (χ0n) is 11.5. The first-order chi connectivity index (χ1) is 8.26. The van der Waals surface area contributed by atoms with Crippen LogP contribution in [0.4, 0.5) is 0 Å². The van der Waals surface area contributed by atoms with Crippen molar-refractivity contribution in [2.75, 3.05) is 33.8 Å². The summed E-state index contributed by atoms with van der Waals surface area (Å²) in [6.45, 7) is 6.70. The average Bonchev–Trinajstić information content (AvgIpc) is 2.36. The highest BCUT2D eigenvalue weighted by Gasteiger charge is 2.19. The van der Waals surface area contributed by atoms with Crippen molar-refractivity contribution < 1.29 is 4.74 Å². The van der Waals surface area contributed by atoms with E-state index in [9.17, 15) is 0 Å². The minimum absolute atomic E-state index is 0.504. The zero-order valence-corrected chi connectivity index (χ0v) is 11.5. The molecule has 0 unspecified atom stereocenters. The second-order valence-electron chi connectivity index (χ2n) is 5.04. The number of hydrogen-bond donors (Lipinski definition) is 1. The van der Waals surface area contributed by atoms with Crippen molar-refractivity contribution in [1.82, 2.24) is 10.2 Å². The smallest absolute Gasteiger partial charge is 0.0576 e. The van der Waals surface area contributed by atoms with Gasteiger partial charge in [-0.3, -0.25) is 0 Å². The summed E-state index contributed by atoms with van der Waals surface area (Å²) in [4.78, 5) is 2.27. The minimum atomic E-state index is 0.504. The highest BCUT2D eigenvalue weighted by Crippen LogP contribution is 2.20. The SMILES string of the molecule is C=CCN(C)CCCOC1CCC(NC)CC1. The van der Waals surface area contributed by atoms with E-state index in [1.54, 1.807) is 0 Å². The molecule has 0 aromatic heterocycles. The first kappa shape index (κ1) is 14.7. The van der Waals surface area contributed by atoms with Gasteiger partial charge in [-0.25, -0.2) is 0 Å². The van der Waals surface area contributed by atoms with Gasteiger partial charge in [0.1, 0.15) is 0 Å². The van der Waals surface area contributed by atoms with Crippen LogP contribution < -0.4 is 5.32 Å². The molecule has 1 saturated carbocycles. The Balaban J connectivity index is 1.98. The fourth-order valence-electron chi connectivity index (χ4n) is 2.41. The molecule has 1 rings (SSSR count). The van der Waals surface area contributed by atoms with Crippen LogP contribution >= 0.6 is 0 Å². The Morgan fingerprint density at radius 2 is 2.06 bits per heavy atom. The molecule has 3 nitrogen and oxygen atoms in total. The molecule has 1 N–H and O–H groups in total. The first-order valence-corrected chi connectivity index (χ1v) is 6.84. The summed E-state index contributed by atoms with van der Waals surface area (Å²) < 4.78 is 5.92. The van der Waals surface area contributed by atoms with Gasteiger partial charge in [-0.1, -0.05) is 6.08 Å². The molecule has 0 aromatic rings. The van der Waals surface area contributed by atoms with E-state index >= 15 is 0 Å². The van der Waals surface area contributed by atoms with Crippen LogP contribution in [-0.4, -0.2) is 50.8 Å². The second kappa shape index (κ2) is 8.67. The van der Waals surface area contributed by atoms with Gasteiger partial charge in [0, 0.05) is 25.7 Å². The molecule has 17 heavy (non-hydrogen) atoms. The molecular formula is C14H28N2O. The molecule has 0 atom stereocenters. The molecule has 1 aliphatic rings. The van der Waals surface area contributed by atoms with Crippen molar-refractivity contribution in [2.24, 2.45) is 0 Å². The van der Waals surface area contributed by atoms with Crippen molar-refractivity contribution in [1.29, 1.82) is 0 Å². The molecular weight excluding hydrogens is 212 g/mol. The van der Waals surface area contributed by atoms with E-state index in [1.807, 2.05) is 6.08 Å². The summed E-state index contributed by atoms with van der Waals surface area (Å²) >= 11 is 0. The molecule has 3 heteroatoms. The van der Waals surface area contributed by atoms with Crippen molar-refractivity contribution >= 4 is 0 Å². The average molecular weight is 240 g/mol. The minimum Gasteiger partial charge on any atom is -0.378 e. The number of nitrogens with one attached hydrogen (secondary N) is 1. The van der Waals surface area contributed by atoms with E-state index in [2.05, 4.69) is 30.9 Å². The standard InChI is InChI=1S/C14H28N2O/c1-4-10-16(3)11-5-12-17-14-8-6-13(15-2)7-9-14/h4,13-15H,1,5-12H2,2-3H3. The molecule has 0 heterocycles. The maximum Gasteiger partial charge on any atom is 0.0576 e. The Labute approximate surface area is 106 Å². The van der Waals surface area contributed by atoms with Gasteiger partial charge in [0.2, 0.25) is 0 Å². The van der Waals surface area contributed by atoms with E-state index < -0.39 is 0 Å². The normalized spacial score (nSPS) is 25.1. The second-order valence-corrected chi connectivity index (χ2v) is 5.04. The van der Waals surface area contributed by atoms with Crippen LogP contribution in [0.1, 0.15) is 32.1 Å². The van der Waals surface area contributed by atoms with E-state index in [-0.39, 0.29) is 0 Å². The van der Waals surface area contributed by atoms with Crippen LogP contribution in [0.15, 0.2) is 12.7 Å². The summed E-state index contributed by atoms with van der Waals surface area (Å²) in [5.74, 6) is 0. The van der Waals surface area contributed by atoms with Crippen LogP contribution in [-0.2, 0) is 4.74 Å². The molecule has 0 saturated heterocycles. The van der Waals surface area contributed by atoms with Gasteiger partial charge in [-0.2, -0.15) is 0 Å². The van der Waals surface area contributed by atoms with Gasteiger partial charge < -0.3 is 15.0 Å². The molecule has 0 spiro atoms. The Morgan fingerprint density at radius 1 is 1.35 bits per heavy atom. The number of nitrogens with zero attached hydrogens (tertiary/aromatic N) is 1. The van der Waals surface area contributed by atoms with Crippen LogP contribution in [0.3, 0.4) is 0 Å². The van der Waals surface area contributed by atoms with E-state index in [0.29, 0.717) is 12.1 Å². The van der Waals surface area contributed by atoms with Gasteiger partial charge in [-0.15, -0.1) is 6.58 Å². The van der Waals surface area contributed by atoms with Crippen LogP contribution in [0, 0.1) is 0 Å². The number of ether oxygens (including phenoxy) is 1. The number of hydrogen-bond acceptors (Lipinski definition) is 3. The molecule has 0 amide bonds. The largest absolute Gasteiger partial charge is 0.378 e. The summed E-state index contributed by atoms with van der Waals surface area (Å²) in [7, 11) is 4.18. The van der Waals surface area contributed by atoms with Crippen LogP contribution in [0.5, 0.6) is 0 Å². The summed E-state index contributed by atoms with van der Waals surface area (Å²) in [6.07, 6.45) is 8.53. The summed E-state index contributed by atoms with van der Waals surface area (Å²) in [5, 5.41) is 3.35. The van der Waals surface area contributed by atoms with Gasteiger partial charge >= 0.3 is 0 Å². The van der Waals surface area contributed by atoms with Crippen molar-refractivity contribution in [2.45, 2.75) is 44.2 Å². The molecule has 0 bridgehead atoms. The van der Waals surface area contributed by atoms with Gasteiger partial charge in [-0.05, 0) is 46.2 Å². The lowest BCUT2D eigenvalue weighted by Gasteiger charge is -2.28. The van der Waals surface area contributed by atoms with Crippen molar-refractivity contribution in [3.8, 4) is 0 Å². The molecule has 0 radical (unpaired) electrons. The quantitative estimate of drug-likeness (QED) is 0.519. The van der Waals surface area contributed by atoms with E-state index in [0.717, 1.165) is 26.1 Å². The number of likely N-dealkylation sites (N-methyl/N-ethyl adjacent to an activating group) is 1. The molecule has 1 fully saturated rings. The Morgan fingerprint density at radius 3 is 2.65 bits per heavy atom. The van der Waals surface area contributed by atoms with E-state index in [1.165, 1.54) is 25.7 Å². The Bertz CT molecular complexity index is 200. The molecule has 1 aliphatic carbocycles. The lowest BCUT2D eigenvalue weighted by molar-refractivity contribution is 0.0195. The monoisotopic (exact) mass is 240 g/mol. The first-order valence-electron chi connectivity index (χ1n) is 6.84. The van der Waals surface area contributed by atoms with Crippen molar-refractivity contribution in [3.05, 3.63) is 12.7 Å². The fraction of sp³-hybridized carbons (Fsp3) is 0.857. The topological polar surface area (TPSA) is 24.5 Å². The Hall–Kier alpha value is -0.380. The molecule has 100 valence electrons. The summed E-state index contributed by atoms with van der Waals surface area (Å²) in [6, 6.07) is 0.716. The van der Waals surface area contributed by atoms with Gasteiger partial charge in [0.15, 0.2) is 0 Å². The third kappa shape index (κ3) is 6.20. The lowest BCUT2D eigenvalue weighted by Crippen LogP contribution is -2.33. The predicted octanol–water partition coefficient (Wildman–Crippen LogP) is 2.04. The maximum absolute atomic E-state index is 5.92. The fourth-order valence-corrected chi connectivity index (χ4v) is 2.41. The maximum atomic E-state index is 5.92. The van der Waals surface area contributed by atoms with Crippen LogP contribution in [0.2, 0.25) is 0 Å². The van der Waals surface area contributed by atoms with Gasteiger partial charge in [0.25, 0.3) is 0 Å². The zero-order chi connectivity index (χ0) is 12.5. The van der Waals surface area contributed by atoms with Gasteiger partial charge in [0.05, 0.1) is 6.10 Å². The van der Waals surface area contributed by atoms with Crippen molar-refractivity contribution in [3.63, 3.8) is 0 Å². The Kier molecular flexibility index (Phi) is 7.49.